The molecule has 0 saturated carbocycles. The number of carbonyl (C=O) groups excluding carboxylic acids is 2. The van der Waals surface area contributed by atoms with Gasteiger partial charge in [-0.1, -0.05) is 13.8 Å². The first-order valence-corrected chi connectivity index (χ1v) is 8.91. The highest BCUT2D eigenvalue weighted by molar-refractivity contribution is 6.04. The average molecular weight is 370 g/mol. The molecule has 27 heavy (non-hydrogen) atoms. The van der Waals surface area contributed by atoms with Crippen molar-refractivity contribution >= 4 is 23.2 Å². The Kier molecular flexibility index (Phi) is 7.82. The van der Waals surface area contributed by atoms with Crippen LogP contribution in [0.5, 0.6) is 5.75 Å². The fourth-order valence-corrected chi connectivity index (χ4v) is 2.37. The summed E-state index contributed by atoms with van der Waals surface area (Å²) in [5, 5.41) is 5.67. The maximum Gasteiger partial charge on any atom is 0.255 e. The number of hydrogen-bond acceptors (Lipinski definition) is 4. The van der Waals surface area contributed by atoms with Crippen molar-refractivity contribution in [1.29, 1.82) is 0 Å². The van der Waals surface area contributed by atoms with Crippen LogP contribution in [0.15, 0.2) is 48.5 Å². The second-order valence-corrected chi connectivity index (χ2v) is 6.54. The summed E-state index contributed by atoms with van der Waals surface area (Å²) in [5.41, 5.74) is 1.89. The van der Waals surface area contributed by atoms with Crippen LogP contribution < -0.4 is 15.4 Å². The lowest BCUT2D eigenvalue weighted by molar-refractivity contribution is -0.116. The number of rotatable bonds is 9. The minimum Gasteiger partial charge on any atom is -0.491 e. The normalized spacial score (nSPS) is 10.5. The number of ether oxygens (including phenoxy) is 2. The molecular weight excluding hydrogens is 344 g/mol. The molecule has 0 aliphatic carbocycles. The first-order valence-electron chi connectivity index (χ1n) is 8.91. The van der Waals surface area contributed by atoms with Crippen LogP contribution in [0.1, 0.15) is 30.6 Å². The maximum atomic E-state index is 12.3. The molecule has 0 heterocycles. The molecule has 0 aliphatic rings. The highest BCUT2D eigenvalue weighted by Gasteiger charge is 2.08. The molecule has 2 aromatic rings. The Labute approximate surface area is 159 Å². The highest BCUT2D eigenvalue weighted by atomic mass is 16.5. The van der Waals surface area contributed by atoms with E-state index in [2.05, 4.69) is 10.6 Å². The third kappa shape index (κ3) is 7.11. The van der Waals surface area contributed by atoms with E-state index < -0.39 is 0 Å². The molecule has 0 saturated heterocycles. The van der Waals surface area contributed by atoms with Gasteiger partial charge in [0.25, 0.3) is 5.91 Å². The average Bonchev–Trinajstić information content (AvgIpc) is 2.63. The molecule has 2 rings (SSSR count). The van der Waals surface area contributed by atoms with Gasteiger partial charge in [-0.25, -0.2) is 0 Å². The lowest BCUT2D eigenvalue weighted by atomic mass is 10.1. The van der Waals surface area contributed by atoms with Gasteiger partial charge in [0.1, 0.15) is 12.4 Å². The molecule has 2 amide bonds. The van der Waals surface area contributed by atoms with E-state index in [9.17, 15) is 9.59 Å². The second kappa shape index (κ2) is 10.3. The van der Waals surface area contributed by atoms with E-state index in [-0.39, 0.29) is 11.8 Å². The van der Waals surface area contributed by atoms with Gasteiger partial charge in [0.05, 0.1) is 6.61 Å². The number of carbonyl (C=O) groups is 2. The van der Waals surface area contributed by atoms with Crippen LogP contribution in [0, 0.1) is 5.92 Å². The third-order valence-electron chi connectivity index (χ3n) is 3.69. The molecule has 144 valence electrons. The molecule has 0 radical (unpaired) electrons. The predicted molar refractivity (Wildman–Crippen MR) is 106 cm³/mol. The molecule has 2 aromatic carbocycles. The summed E-state index contributed by atoms with van der Waals surface area (Å²) in [5.74, 6) is 0.759. The SMILES string of the molecule is COCCOc1ccc(C(=O)Nc2ccc(NC(=O)CC(C)C)cc2)cc1. The van der Waals surface area contributed by atoms with Crippen molar-refractivity contribution in [1.82, 2.24) is 0 Å². The number of anilines is 2. The molecule has 0 aliphatic heterocycles. The zero-order valence-electron chi connectivity index (χ0n) is 16.0. The maximum absolute atomic E-state index is 12.3. The fraction of sp³-hybridized carbons (Fsp3) is 0.333. The summed E-state index contributed by atoms with van der Waals surface area (Å²) >= 11 is 0. The van der Waals surface area contributed by atoms with Crippen LogP contribution in [0.2, 0.25) is 0 Å². The summed E-state index contributed by atoms with van der Waals surface area (Å²) in [7, 11) is 1.61. The van der Waals surface area contributed by atoms with Gasteiger partial charge in [0.2, 0.25) is 5.91 Å². The Morgan fingerprint density at radius 3 is 2.04 bits per heavy atom. The summed E-state index contributed by atoms with van der Waals surface area (Å²) in [6.07, 6.45) is 0.476. The third-order valence-corrected chi connectivity index (χ3v) is 3.69. The van der Waals surface area contributed by atoms with E-state index >= 15 is 0 Å². The summed E-state index contributed by atoms with van der Waals surface area (Å²) in [6.45, 7) is 4.96. The van der Waals surface area contributed by atoms with E-state index in [1.54, 1.807) is 55.6 Å². The van der Waals surface area contributed by atoms with Gasteiger partial charge >= 0.3 is 0 Å². The highest BCUT2D eigenvalue weighted by Crippen LogP contribution is 2.17. The quantitative estimate of drug-likeness (QED) is 0.655. The molecule has 0 atom stereocenters. The van der Waals surface area contributed by atoms with Crippen molar-refractivity contribution in [3.63, 3.8) is 0 Å². The van der Waals surface area contributed by atoms with E-state index in [4.69, 9.17) is 9.47 Å². The van der Waals surface area contributed by atoms with Crippen molar-refractivity contribution < 1.29 is 19.1 Å². The van der Waals surface area contributed by atoms with Crippen LogP contribution in [0.4, 0.5) is 11.4 Å². The summed E-state index contributed by atoms with van der Waals surface area (Å²) in [6, 6.07) is 13.9. The Bertz CT molecular complexity index is 740. The zero-order chi connectivity index (χ0) is 19.6. The monoisotopic (exact) mass is 370 g/mol. The Morgan fingerprint density at radius 1 is 0.889 bits per heavy atom. The smallest absolute Gasteiger partial charge is 0.255 e. The van der Waals surface area contributed by atoms with Gasteiger partial charge in [0.15, 0.2) is 0 Å². The van der Waals surface area contributed by atoms with Crippen LogP contribution >= 0.6 is 0 Å². The van der Waals surface area contributed by atoms with Crippen molar-refractivity contribution in [2.24, 2.45) is 5.92 Å². The van der Waals surface area contributed by atoms with Crippen LogP contribution in [0.25, 0.3) is 0 Å². The predicted octanol–water partition coefficient (Wildman–Crippen LogP) is 3.95. The second-order valence-electron chi connectivity index (χ2n) is 6.54. The van der Waals surface area contributed by atoms with Crippen molar-refractivity contribution in [3.8, 4) is 5.75 Å². The van der Waals surface area contributed by atoms with E-state index in [1.807, 2.05) is 13.8 Å². The van der Waals surface area contributed by atoms with Gasteiger partial charge < -0.3 is 20.1 Å². The van der Waals surface area contributed by atoms with E-state index in [0.717, 1.165) is 0 Å². The first kappa shape index (κ1) is 20.5. The molecular formula is C21H26N2O4. The molecule has 0 fully saturated rings. The molecule has 0 aromatic heterocycles. The molecule has 6 nitrogen and oxygen atoms in total. The molecule has 2 N–H and O–H groups in total. The van der Waals surface area contributed by atoms with Gasteiger partial charge in [-0.2, -0.15) is 0 Å². The largest absolute Gasteiger partial charge is 0.491 e. The Morgan fingerprint density at radius 2 is 1.48 bits per heavy atom. The van der Waals surface area contributed by atoms with Crippen molar-refractivity contribution in [2.75, 3.05) is 31.0 Å². The Balaban J connectivity index is 1.88. The fourth-order valence-electron chi connectivity index (χ4n) is 2.37. The van der Waals surface area contributed by atoms with Gasteiger partial charge in [-0.15, -0.1) is 0 Å². The minimum absolute atomic E-state index is 0.0189. The zero-order valence-corrected chi connectivity index (χ0v) is 16.0. The van der Waals surface area contributed by atoms with Gasteiger partial charge in [0, 0.05) is 30.5 Å². The molecule has 6 heteroatoms. The number of hydrogen-bond donors (Lipinski definition) is 2. The standard InChI is InChI=1S/C21H26N2O4/c1-15(2)14-20(24)22-17-6-8-18(9-7-17)23-21(25)16-4-10-19(11-5-16)27-13-12-26-3/h4-11,15H,12-14H2,1-3H3,(H,22,24)(H,23,25). The lowest BCUT2D eigenvalue weighted by Crippen LogP contribution is -2.14. The number of nitrogens with one attached hydrogen (secondary N) is 2. The topological polar surface area (TPSA) is 76.7 Å². The summed E-state index contributed by atoms with van der Waals surface area (Å²) < 4.78 is 10.4. The van der Waals surface area contributed by atoms with Crippen LogP contribution in [-0.4, -0.2) is 32.1 Å². The number of amides is 2. The van der Waals surface area contributed by atoms with Crippen LogP contribution in [-0.2, 0) is 9.53 Å². The first-order chi connectivity index (χ1) is 13.0. The molecule has 0 unspecified atom stereocenters. The van der Waals surface area contributed by atoms with Crippen molar-refractivity contribution in [3.05, 3.63) is 54.1 Å². The summed E-state index contributed by atoms with van der Waals surface area (Å²) in [4.78, 5) is 24.1. The van der Waals surface area contributed by atoms with Crippen LogP contribution in [0.3, 0.4) is 0 Å². The Hall–Kier alpha value is -2.86. The lowest BCUT2D eigenvalue weighted by Gasteiger charge is -2.10. The molecule has 0 bridgehead atoms. The van der Waals surface area contributed by atoms with Crippen molar-refractivity contribution in [2.45, 2.75) is 20.3 Å². The van der Waals surface area contributed by atoms with Gasteiger partial charge in [-0.3, -0.25) is 9.59 Å². The van der Waals surface area contributed by atoms with E-state index in [1.165, 1.54) is 0 Å². The molecule has 0 spiro atoms. The number of benzene rings is 2. The number of methoxy groups -OCH3 is 1. The van der Waals surface area contributed by atoms with Gasteiger partial charge in [-0.05, 0) is 54.4 Å². The van der Waals surface area contributed by atoms with E-state index in [0.29, 0.717) is 48.2 Å². The minimum atomic E-state index is -0.213.